The molecular weight excluding hydrogens is 311 g/mol. The molecule has 126 valence electrons. The van der Waals surface area contributed by atoms with Crippen molar-refractivity contribution in [3.8, 4) is 5.88 Å². The van der Waals surface area contributed by atoms with Crippen LogP contribution in [0.4, 0.5) is 16.0 Å². The number of piperazine rings is 1. The van der Waals surface area contributed by atoms with E-state index in [4.69, 9.17) is 4.74 Å². The van der Waals surface area contributed by atoms with Crippen LogP contribution in [-0.2, 0) is 0 Å². The third-order valence-corrected chi connectivity index (χ3v) is 4.08. The van der Waals surface area contributed by atoms with E-state index in [0.717, 1.165) is 0 Å². The van der Waals surface area contributed by atoms with Crippen LogP contribution in [0.1, 0.15) is 17.3 Å². The van der Waals surface area contributed by atoms with Crippen LogP contribution < -0.4 is 14.5 Å². The quantitative estimate of drug-likeness (QED) is 0.801. The van der Waals surface area contributed by atoms with Gasteiger partial charge in [0.05, 0.1) is 12.8 Å². The summed E-state index contributed by atoms with van der Waals surface area (Å²) in [7, 11) is 1.57. The molecule has 1 fully saturated rings. The minimum Gasteiger partial charge on any atom is -0.481 e. The molecule has 6 nitrogen and oxygen atoms in total. The van der Waals surface area contributed by atoms with Crippen LogP contribution in [-0.4, -0.2) is 49.0 Å². The monoisotopic (exact) mass is 330 g/mol. The number of rotatable bonds is 4. The number of carbonyl (C=O) groups excluding carboxylic acids is 1. The zero-order chi connectivity index (χ0) is 17.1. The van der Waals surface area contributed by atoms with Crippen LogP contribution in [0.15, 0.2) is 30.5 Å². The summed E-state index contributed by atoms with van der Waals surface area (Å²) in [5, 5.41) is 0. The fraction of sp³-hybridized carbons (Fsp3) is 0.353. The van der Waals surface area contributed by atoms with E-state index < -0.39 is 0 Å². The van der Waals surface area contributed by atoms with E-state index in [9.17, 15) is 9.18 Å². The predicted octanol–water partition coefficient (Wildman–Crippen LogP) is 2.15. The lowest BCUT2D eigenvalue weighted by atomic mass is 10.1. The Bertz CT molecular complexity index is 745. The number of anilines is 2. The number of methoxy groups -OCH3 is 1. The third kappa shape index (κ3) is 3.29. The smallest absolute Gasteiger partial charge is 0.228 e. The SMILES string of the molecule is COc1ccnc(N2CCN(c3ccc(C(C)=O)cc3F)CC2)n1. The van der Waals surface area contributed by atoms with Gasteiger partial charge < -0.3 is 14.5 Å². The maximum atomic E-state index is 14.3. The fourth-order valence-electron chi connectivity index (χ4n) is 2.73. The largest absolute Gasteiger partial charge is 0.481 e. The van der Waals surface area contributed by atoms with Gasteiger partial charge in [0, 0.05) is 44.0 Å². The van der Waals surface area contributed by atoms with E-state index >= 15 is 0 Å². The van der Waals surface area contributed by atoms with Crippen molar-refractivity contribution in [2.24, 2.45) is 0 Å². The second kappa shape index (κ2) is 6.82. The lowest BCUT2D eigenvalue weighted by Crippen LogP contribution is -2.47. The number of ether oxygens (including phenoxy) is 1. The van der Waals surface area contributed by atoms with E-state index in [1.807, 2.05) is 9.80 Å². The molecule has 1 saturated heterocycles. The van der Waals surface area contributed by atoms with E-state index in [-0.39, 0.29) is 11.6 Å². The Labute approximate surface area is 139 Å². The maximum Gasteiger partial charge on any atom is 0.228 e. The summed E-state index contributed by atoms with van der Waals surface area (Å²) in [5.41, 5.74) is 0.908. The average molecular weight is 330 g/mol. The second-order valence-corrected chi connectivity index (χ2v) is 5.60. The van der Waals surface area contributed by atoms with Crippen molar-refractivity contribution in [3.05, 3.63) is 41.8 Å². The number of aromatic nitrogens is 2. The van der Waals surface area contributed by atoms with Gasteiger partial charge >= 0.3 is 0 Å². The summed E-state index contributed by atoms with van der Waals surface area (Å²) in [6.45, 7) is 4.09. The van der Waals surface area contributed by atoms with Crippen molar-refractivity contribution in [2.45, 2.75) is 6.92 Å². The summed E-state index contributed by atoms with van der Waals surface area (Å²) in [4.78, 5) is 23.9. The molecule has 0 radical (unpaired) electrons. The molecule has 2 aromatic rings. The Balaban J connectivity index is 1.69. The molecule has 0 N–H and O–H groups in total. The first-order valence-corrected chi connectivity index (χ1v) is 7.76. The molecule has 0 aliphatic carbocycles. The molecule has 1 aromatic carbocycles. The van der Waals surface area contributed by atoms with Gasteiger partial charge in [-0.15, -0.1) is 0 Å². The van der Waals surface area contributed by atoms with Gasteiger partial charge in [-0.2, -0.15) is 4.98 Å². The predicted molar refractivity (Wildman–Crippen MR) is 89.4 cm³/mol. The number of benzene rings is 1. The third-order valence-electron chi connectivity index (χ3n) is 4.08. The summed E-state index contributed by atoms with van der Waals surface area (Å²) in [6, 6.07) is 6.34. The molecule has 0 unspecified atom stereocenters. The number of halogens is 1. The number of Topliss-reactive ketones (excluding diaryl/α,β-unsaturated/α-hetero) is 1. The first-order chi connectivity index (χ1) is 11.6. The van der Waals surface area contributed by atoms with Crippen molar-refractivity contribution >= 4 is 17.4 Å². The van der Waals surface area contributed by atoms with Crippen molar-refractivity contribution in [1.29, 1.82) is 0 Å². The summed E-state index contributed by atoms with van der Waals surface area (Å²) in [6.07, 6.45) is 1.66. The number of hydrogen-bond donors (Lipinski definition) is 0. The van der Waals surface area contributed by atoms with Gasteiger partial charge in [-0.25, -0.2) is 9.37 Å². The highest BCUT2D eigenvalue weighted by molar-refractivity contribution is 5.94. The average Bonchev–Trinajstić information content (AvgIpc) is 2.62. The molecule has 0 atom stereocenters. The van der Waals surface area contributed by atoms with Crippen LogP contribution in [0.2, 0.25) is 0 Å². The summed E-state index contributed by atoms with van der Waals surface area (Å²) < 4.78 is 19.4. The lowest BCUT2D eigenvalue weighted by molar-refractivity contribution is 0.101. The number of nitrogens with zero attached hydrogens (tertiary/aromatic N) is 4. The second-order valence-electron chi connectivity index (χ2n) is 5.60. The zero-order valence-corrected chi connectivity index (χ0v) is 13.7. The van der Waals surface area contributed by atoms with Gasteiger partial charge in [0.1, 0.15) is 5.82 Å². The highest BCUT2D eigenvalue weighted by Crippen LogP contribution is 2.23. The van der Waals surface area contributed by atoms with Crippen LogP contribution in [0.5, 0.6) is 5.88 Å². The van der Waals surface area contributed by atoms with Crippen LogP contribution in [0.25, 0.3) is 0 Å². The Morgan fingerprint density at radius 2 is 1.88 bits per heavy atom. The van der Waals surface area contributed by atoms with E-state index in [1.54, 1.807) is 31.5 Å². The van der Waals surface area contributed by atoms with Gasteiger partial charge in [0.25, 0.3) is 0 Å². The van der Waals surface area contributed by atoms with Gasteiger partial charge in [-0.1, -0.05) is 0 Å². The minimum atomic E-state index is -0.367. The highest BCUT2D eigenvalue weighted by Gasteiger charge is 2.21. The van der Waals surface area contributed by atoms with Gasteiger partial charge in [-0.05, 0) is 25.1 Å². The Morgan fingerprint density at radius 3 is 2.50 bits per heavy atom. The maximum absolute atomic E-state index is 14.3. The topological polar surface area (TPSA) is 58.6 Å². The number of carbonyl (C=O) groups is 1. The van der Waals surface area contributed by atoms with E-state index in [2.05, 4.69) is 9.97 Å². The van der Waals surface area contributed by atoms with Crippen molar-refractivity contribution in [2.75, 3.05) is 43.1 Å². The van der Waals surface area contributed by atoms with Crippen LogP contribution in [0, 0.1) is 5.82 Å². The summed E-state index contributed by atoms with van der Waals surface area (Å²) >= 11 is 0. The number of hydrogen-bond acceptors (Lipinski definition) is 6. The molecule has 0 saturated carbocycles. The van der Waals surface area contributed by atoms with E-state index in [1.165, 1.54) is 13.0 Å². The van der Waals surface area contributed by atoms with Gasteiger partial charge in [0.2, 0.25) is 11.8 Å². The normalized spacial score (nSPS) is 14.6. The molecule has 1 aliphatic heterocycles. The Morgan fingerprint density at radius 1 is 1.17 bits per heavy atom. The minimum absolute atomic E-state index is 0.138. The lowest BCUT2D eigenvalue weighted by Gasteiger charge is -2.36. The van der Waals surface area contributed by atoms with Gasteiger partial charge in [0.15, 0.2) is 5.78 Å². The standard InChI is InChI=1S/C17H19FN4O2/c1-12(23)13-3-4-15(14(18)11-13)21-7-9-22(10-8-21)17-19-6-5-16(20-17)24-2/h3-6,11H,7-10H2,1-2H3. The number of ketones is 1. The fourth-order valence-corrected chi connectivity index (χ4v) is 2.73. The summed E-state index contributed by atoms with van der Waals surface area (Å²) in [5.74, 6) is 0.629. The Hall–Kier alpha value is -2.70. The molecular formula is C17H19FN4O2. The van der Waals surface area contributed by atoms with Crippen LogP contribution >= 0.6 is 0 Å². The highest BCUT2D eigenvalue weighted by atomic mass is 19.1. The molecule has 24 heavy (non-hydrogen) atoms. The van der Waals surface area contributed by atoms with Crippen molar-refractivity contribution in [1.82, 2.24) is 9.97 Å². The van der Waals surface area contributed by atoms with E-state index in [0.29, 0.717) is 49.3 Å². The molecule has 0 spiro atoms. The van der Waals surface area contributed by atoms with Gasteiger partial charge in [-0.3, -0.25) is 4.79 Å². The molecule has 2 heterocycles. The molecule has 0 amide bonds. The molecule has 1 aliphatic rings. The zero-order valence-electron chi connectivity index (χ0n) is 13.7. The molecule has 7 heteroatoms. The van der Waals surface area contributed by atoms with Crippen molar-refractivity contribution in [3.63, 3.8) is 0 Å². The first kappa shape index (κ1) is 16.2. The van der Waals surface area contributed by atoms with Crippen molar-refractivity contribution < 1.29 is 13.9 Å². The molecule has 3 rings (SSSR count). The molecule has 0 bridgehead atoms. The first-order valence-electron chi connectivity index (χ1n) is 7.76. The molecule has 1 aromatic heterocycles. The Kier molecular flexibility index (Phi) is 4.59. The van der Waals surface area contributed by atoms with Crippen LogP contribution in [0.3, 0.4) is 0 Å².